The lowest BCUT2D eigenvalue weighted by atomic mass is 10.1. The average Bonchev–Trinajstić information content (AvgIpc) is 3.08. The van der Waals surface area contributed by atoms with Crippen LogP contribution in [-0.4, -0.2) is 17.8 Å². The van der Waals surface area contributed by atoms with E-state index >= 15 is 0 Å². The zero-order valence-corrected chi connectivity index (χ0v) is 13.5. The van der Waals surface area contributed by atoms with Crippen molar-refractivity contribution in [1.82, 2.24) is 5.32 Å². The van der Waals surface area contributed by atoms with E-state index < -0.39 is 0 Å². The molecule has 0 unspecified atom stereocenters. The van der Waals surface area contributed by atoms with Crippen molar-refractivity contribution >= 4 is 40.6 Å². The van der Waals surface area contributed by atoms with Gasteiger partial charge in [-0.2, -0.15) is 0 Å². The van der Waals surface area contributed by atoms with Gasteiger partial charge < -0.3 is 4.74 Å². The fourth-order valence-electron chi connectivity index (χ4n) is 2.68. The van der Waals surface area contributed by atoms with Crippen LogP contribution in [0.5, 0.6) is 5.75 Å². The summed E-state index contributed by atoms with van der Waals surface area (Å²) in [6, 6.07) is 5.39. The summed E-state index contributed by atoms with van der Waals surface area (Å²) in [6.45, 7) is 0.701. The third-order valence-electron chi connectivity index (χ3n) is 3.85. The molecule has 1 aliphatic heterocycles. The number of carbonyl (C=O) groups excluding carboxylic acids is 2. The Morgan fingerprint density at radius 2 is 2.09 bits per heavy atom. The first-order chi connectivity index (χ1) is 10.6. The molecule has 2 fully saturated rings. The second kappa shape index (κ2) is 6.75. The Morgan fingerprint density at radius 3 is 2.73 bits per heavy atom. The molecule has 116 valence electrons. The van der Waals surface area contributed by atoms with E-state index in [-0.39, 0.29) is 11.1 Å². The van der Waals surface area contributed by atoms with E-state index in [0.29, 0.717) is 28.2 Å². The summed E-state index contributed by atoms with van der Waals surface area (Å²) in [5, 5.41) is 2.39. The van der Waals surface area contributed by atoms with Crippen molar-refractivity contribution in [2.45, 2.75) is 25.7 Å². The van der Waals surface area contributed by atoms with Crippen molar-refractivity contribution in [2.24, 2.45) is 5.92 Å². The SMILES string of the molecule is O=C1NC(=O)/C(=C/c2ccc(OCC3CCCC3)c(Cl)c2)S1. The Labute approximate surface area is 138 Å². The Balaban J connectivity index is 1.67. The number of halogens is 1. The van der Waals surface area contributed by atoms with Gasteiger partial charge in [0.1, 0.15) is 5.75 Å². The molecule has 2 aliphatic rings. The number of rotatable bonds is 4. The summed E-state index contributed by atoms with van der Waals surface area (Å²) in [4.78, 5) is 23.0. The minimum absolute atomic E-state index is 0.348. The summed E-state index contributed by atoms with van der Waals surface area (Å²) in [5.74, 6) is 0.922. The first-order valence-corrected chi connectivity index (χ1v) is 8.48. The van der Waals surface area contributed by atoms with Crippen molar-refractivity contribution in [3.8, 4) is 5.75 Å². The minimum Gasteiger partial charge on any atom is -0.492 e. The number of hydrogen-bond acceptors (Lipinski definition) is 4. The molecule has 6 heteroatoms. The molecule has 1 saturated heterocycles. The van der Waals surface area contributed by atoms with Crippen molar-refractivity contribution in [3.05, 3.63) is 33.7 Å². The van der Waals surface area contributed by atoms with Crippen LogP contribution in [0.15, 0.2) is 23.1 Å². The maximum atomic E-state index is 11.5. The normalized spacial score (nSPS) is 20.7. The largest absolute Gasteiger partial charge is 0.492 e. The van der Waals surface area contributed by atoms with E-state index in [4.69, 9.17) is 16.3 Å². The number of carbonyl (C=O) groups is 2. The molecule has 0 bridgehead atoms. The second-order valence-corrected chi connectivity index (χ2v) is 6.93. The Hall–Kier alpha value is -1.46. The minimum atomic E-state index is -0.368. The van der Waals surface area contributed by atoms with Gasteiger partial charge in [-0.05, 0) is 54.3 Å². The number of amides is 2. The van der Waals surface area contributed by atoms with Crippen molar-refractivity contribution in [2.75, 3.05) is 6.61 Å². The lowest BCUT2D eigenvalue weighted by Crippen LogP contribution is -2.17. The highest BCUT2D eigenvalue weighted by molar-refractivity contribution is 8.18. The van der Waals surface area contributed by atoms with E-state index in [2.05, 4.69) is 5.32 Å². The van der Waals surface area contributed by atoms with Gasteiger partial charge in [0, 0.05) is 0 Å². The van der Waals surface area contributed by atoms with Gasteiger partial charge in [-0.1, -0.05) is 30.5 Å². The number of benzene rings is 1. The highest BCUT2D eigenvalue weighted by Gasteiger charge is 2.25. The molecule has 22 heavy (non-hydrogen) atoms. The summed E-state index contributed by atoms with van der Waals surface area (Å²) < 4.78 is 5.79. The summed E-state index contributed by atoms with van der Waals surface area (Å²) in [5.41, 5.74) is 0.769. The lowest BCUT2D eigenvalue weighted by molar-refractivity contribution is -0.115. The molecule has 3 rings (SSSR count). The Kier molecular flexibility index (Phi) is 4.74. The predicted octanol–water partition coefficient (Wildman–Crippen LogP) is 4.23. The van der Waals surface area contributed by atoms with Crippen LogP contribution in [0.3, 0.4) is 0 Å². The number of thioether (sulfide) groups is 1. The fourth-order valence-corrected chi connectivity index (χ4v) is 3.61. The molecule has 0 aromatic heterocycles. The third-order valence-corrected chi connectivity index (χ3v) is 4.95. The van der Waals surface area contributed by atoms with Crippen LogP contribution in [0.25, 0.3) is 6.08 Å². The van der Waals surface area contributed by atoms with Gasteiger partial charge in [0.25, 0.3) is 11.1 Å². The highest BCUT2D eigenvalue weighted by atomic mass is 35.5. The van der Waals surface area contributed by atoms with Crippen molar-refractivity contribution < 1.29 is 14.3 Å². The van der Waals surface area contributed by atoms with Crippen molar-refractivity contribution in [3.63, 3.8) is 0 Å². The monoisotopic (exact) mass is 337 g/mol. The van der Waals surface area contributed by atoms with Gasteiger partial charge in [-0.15, -0.1) is 0 Å². The highest BCUT2D eigenvalue weighted by Crippen LogP contribution is 2.31. The van der Waals surface area contributed by atoms with E-state index in [1.807, 2.05) is 12.1 Å². The first-order valence-electron chi connectivity index (χ1n) is 7.29. The summed E-state index contributed by atoms with van der Waals surface area (Å²) >= 11 is 7.13. The smallest absolute Gasteiger partial charge is 0.290 e. The van der Waals surface area contributed by atoms with Gasteiger partial charge in [-0.3, -0.25) is 14.9 Å². The Bertz CT molecular complexity index is 638. The van der Waals surface area contributed by atoms with Gasteiger partial charge in [0.15, 0.2) is 0 Å². The summed E-state index contributed by atoms with van der Waals surface area (Å²) in [6.07, 6.45) is 6.67. The number of nitrogens with one attached hydrogen (secondary N) is 1. The van der Waals surface area contributed by atoms with Crippen molar-refractivity contribution in [1.29, 1.82) is 0 Å². The number of ether oxygens (including phenoxy) is 1. The van der Waals surface area contributed by atoms with E-state index in [9.17, 15) is 9.59 Å². The molecule has 4 nitrogen and oxygen atoms in total. The molecule has 1 aromatic rings. The van der Waals surface area contributed by atoms with Crippen LogP contribution in [-0.2, 0) is 4.79 Å². The maximum absolute atomic E-state index is 11.5. The molecule has 1 aliphatic carbocycles. The van der Waals surface area contributed by atoms with E-state index in [0.717, 1.165) is 17.3 Å². The molecule has 0 atom stereocenters. The van der Waals surface area contributed by atoms with Gasteiger partial charge in [0.2, 0.25) is 0 Å². The van der Waals surface area contributed by atoms with Crippen LogP contribution in [0.2, 0.25) is 5.02 Å². The fraction of sp³-hybridized carbons (Fsp3) is 0.375. The van der Waals surface area contributed by atoms with Crippen LogP contribution >= 0.6 is 23.4 Å². The molecule has 2 amide bonds. The molecule has 1 heterocycles. The Morgan fingerprint density at radius 1 is 1.32 bits per heavy atom. The quantitative estimate of drug-likeness (QED) is 0.835. The van der Waals surface area contributed by atoms with Gasteiger partial charge >= 0.3 is 0 Å². The van der Waals surface area contributed by atoms with Crippen LogP contribution in [0.4, 0.5) is 4.79 Å². The van der Waals surface area contributed by atoms with Crippen LogP contribution in [0.1, 0.15) is 31.2 Å². The lowest BCUT2D eigenvalue weighted by Gasteiger charge is -2.12. The molecular formula is C16H16ClNO3S. The van der Waals surface area contributed by atoms with Gasteiger partial charge in [0.05, 0.1) is 16.5 Å². The van der Waals surface area contributed by atoms with Crippen LogP contribution < -0.4 is 10.1 Å². The molecule has 0 spiro atoms. The van der Waals surface area contributed by atoms with E-state index in [1.165, 1.54) is 25.7 Å². The topological polar surface area (TPSA) is 55.4 Å². The molecule has 1 aromatic carbocycles. The number of imide groups is 1. The average molecular weight is 338 g/mol. The maximum Gasteiger partial charge on any atom is 0.290 e. The third kappa shape index (κ3) is 3.65. The second-order valence-electron chi connectivity index (χ2n) is 5.50. The standard InChI is InChI=1S/C16H16ClNO3S/c17-12-7-11(8-14-15(19)18-16(20)22-14)5-6-13(12)21-9-10-3-1-2-4-10/h5-8,10H,1-4,9H2,(H,18,19,20)/b14-8-. The number of hydrogen-bond donors (Lipinski definition) is 1. The zero-order valence-electron chi connectivity index (χ0n) is 11.9. The predicted molar refractivity (Wildman–Crippen MR) is 88.0 cm³/mol. The molecule has 0 radical (unpaired) electrons. The molecule has 1 saturated carbocycles. The molecule has 1 N–H and O–H groups in total. The molecular weight excluding hydrogens is 322 g/mol. The first kappa shape index (κ1) is 15.4. The zero-order chi connectivity index (χ0) is 15.5. The van der Waals surface area contributed by atoms with Crippen LogP contribution in [0, 0.1) is 5.92 Å². The van der Waals surface area contributed by atoms with Gasteiger partial charge in [-0.25, -0.2) is 0 Å². The summed E-state index contributed by atoms with van der Waals surface area (Å²) in [7, 11) is 0. The van der Waals surface area contributed by atoms with E-state index in [1.54, 1.807) is 12.1 Å².